The van der Waals surface area contributed by atoms with E-state index >= 15 is 0 Å². The van der Waals surface area contributed by atoms with Crippen LogP contribution >= 0.6 is 0 Å². The average Bonchev–Trinajstić information content (AvgIpc) is 2.35. The van der Waals surface area contributed by atoms with Gasteiger partial charge in [-0.1, -0.05) is 0 Å². The van der Waals surface area contributed by atoms with Gasteiger partial charge >= 0.3 is 5.97 Å². The Labute approximate surface area is 129 Å². The molecule has 1 fully saturated rings. The molecule has 0 saturated carbocycles. The first-order valence-corrected chi connectivity index (χ1v) is 7.84. The molecular weight excluding hydrogens is 268 g/mol. The molecule has 1 saturated heterocycles. The van der Waals surface area contributed by atoms with Crippen LogP contribution in [0.4, 0.5) is 0 Å². The summed E-state index contributed by atoms with van der Waals surface area (Å²) in [5.41, 5.74) is -0.787. The van der Waals surface area contributed by atoms with E-state index in [1.54, 1.807) is 0 Å². The van der Waals surface area contributed by atoms with Crippen molar-refractivity contribution in [3.8, 4) is 0 Å². The Kier molecular flexibility index (Phi) is 6.20. The molecule has 5 nitrogen and oxygen atoms in total. The number of esters is 1. The van der Waals surface area contributed by atoms with E-state index in [1.807, 2.05) is 20.8 Å². The first-order valence-electron chi connectivity index (χ1n) is 7.84. The number of hydrogen-bond acceptors (Lipinski definition) is 5. The summed E-state index contributed by atoms with van der Waals surface area (Å²) in [7, 11) is 1.45. The second-order valence-electron chi connectivity index (χ2n) is 7.25. The van der Waals surface area contributed by atoms with Crippen molar-refractivity contribution in [2.24, 2.45) is 0 Å². The van der Waals surface area contributed by atoms with Gasteiger partial charge in [-0.25, -0.2) is 0 Å². The topological polar surface area (TPSA) is 50.8 Å². The van der Waals surface area contributed by atoms with Crippen LogP contribution in [0.25, 0.3) is 0 Å². The minimum atomic E-state index is -0.662. The summed E-state index contributed by atoms with van der Waals surface area (Å²) in [6, 6.07) is 0.506. The summed E-state index contributed by atoms with van der Waals surface area (Å²) >= 11 is 0. The summed E-state index contributed by atoms with van der Waals surface area (Å²) < 4.78 is 10.8. The fraction of sp³-hybridized carbons (Fsp3) is 0.938. The van der Waals surface area contributed by atoms with Gasteiger partial charge in [0, 0.05) is 25.2 Å². The highest BCUT2D eigenvalue weighted by molar-refractivity contribution is 5.80. The molecule has 0 aliphatic carbocycles. The number of rotatable bonds is 6. The highest BCUT2D eigenvalue weighted by Gasteiger charge is 2.39. The van der Waals surface area contributed by atoms with Crippen LogP contribution in [0.1, 0.15) is 48.0 Å². The van der Waals surface area contributed by atoms with Gasteiger partial charge in [-0.15, -0.1) is 0 Å². The monoisotopic (exact) mass is 300 g/mol. The lowest BCUT2D eigenvalue weighted by Gasteiger charge is -2.43. The SMILES string of the molecule is COC(=O)C(C)(CC(C)N1CCOC(C)(C)C1)NC(C)C. The molecule has 1 N–H and O–H groups in total. The molecule has 0 aromatic rings. The zero-order valence-corrected chi connectivity index (χ0v) is 14.7. The van der Waals surface area contributed by atoms with E-state index in [1.165, 1.54) is 7.11 Å². The van der Waals surface area contributed by atoms with Gasteiger partial charge in [0.25, 0.3) is 0 Å². The van der Waals surface area contributed by atoms with Crippen LogP contribution in [0.15, 0.2) is 0 Å². The number of nitrogens with zero attached hydrogens (tertiary/aromatic N) is 1. The molecule has 0 aromatic heterocycles. The Bertz CT molecular complexity index is 357. The van der Waals surface area contributed by atoms with Crippen LogP contribution in [-0.2, 0) is 14.3 Å². The molecule has 0 amide bonds. The maximum absolute atomic E-state index is 12.2. The quantitative estimate of drug-likeness (QED) is 0.758. The Balaban J connectivity index is 2.76. The van der Waals surface area contributed by atoms with Crippen molar-refractivity contribution in [1.82, 2.24) is 10.2 Å². The lowest BCUT2D eigenvalue weighted by molar-refractivity contribution is -0.150. The Morgan fingerprint density at radius 3 is 2.52 bits per heavy atom. The van der Waals surface area contributed by atoms with Gasteiger partial charge < -0.3 is 9.47 Å². The molecule has 1 heterocycles. The smallest absolute Gasteiger partial charge is 0.325 e. The predicted octanol–water partition coefficient (Wildman–Crippen LogP) is 1.81. The van der Waals surface area contributed by atoms with Crippen LogP contribution < -0.4 is 5.32 Å². The number of morpholine rings is 1. The third-order valence-electron chi connectivity index (χ3n) is 4.03. The molecule has 21 heavy (non-hydrogen) atoms. The molecule has 2 unspecified atom stereocenters. The van der Waals surface area contributed by atoms with Crippen molar-refractivity contribution in [2.75, 3.05) is 26.8 Å². The van der Waals surface area contributed by atoms with E-state index < -0.39 is 5.54 Å². The van der Waals surface area contributed by atoms with Crippen molar-refractivity contribution in [1.29, 1.82) is 0 Å². The number of nitrogens with one attached hydrogen (secondary N) is 1. The van der Waals surface area contributed by atoms with Gasteiger partial charge in [0.05, 0.1) is 19.3 Å². The molecule has 0 radical (unpaired) electrons. The van der Waals surface area contributed by atoms with Crippen molar-refractivity contribution in [2.45, 2.75) is 71.2 Å². The second-order valence-corrected chi connectivity index (χ2v) is 7.25. The first-order chi connectivity index (χ1) is 9.59. The number of carbonyl (C=O) groups is 1. The molecule has 2 atom stereocenters. The molecule has 1 aliphatic rings. The van der Waals surface area contributed by atoms with Crippen LogP contribution in [0.5, 0.6) is 0 Å². The van der Waals surface area contributed by atoms with E-state index in [0.717, 1.165) is 19.7 Å². The normalized spacial score (nSPS) is 23.6. The summed E-state index contributed by atoms with van der Waals surface area (Å²) in [6.07, 6.45) is 0.716. The highest BCUT2D eigenvalue weighted by atomic mass is 16.5. The van der Waals surface area contributed by atoms with Gasteiger partial charge in [-0.05, 0) is 48.0 Å². The number of ether oxygens (including phenoxy) is 2. The van der Waals surface area contributed by atoms with E-state index in [4.69, 9.17) is 9.47 Å². The zero-order valence-electron chi connectivity index (χ0n) is 14.7. The van der Waals surface area contributed by atoms with Gasteiger partial charge in [-0.2, -0.15) is 0 Å². The Hall–Kier alpha value is -0.650. The van der Waals surface area contributed by atoms with Crippen molar-refractivity contribution in [3.63, 3.8) is 0 Å². The Morgan fingerprint density at radius 1 is 1.43 bits per heavy atom. The third-order valence-corrected chi connectivity index (χ3v) is 4.03. The summed E-state index contributed by atoms with van der Waals surface area (Å²) in [4.78, 5) is 14.6. The minimum absolute atomic E-state index is 0.125. The molecule has 1 aliphatic heterocycles. The lowest BCUT2D eigenvalue weighted by Crippen LogP contribution is -2.58. The summed E-state index contributed by atoms with van der Waals surface area (Å²) in [5, 5.41) is 3.37. The molecule has 124 valence electrons. The van der Waals surface area contributed by atoms with Crippen LogP contribution in [0.2, 0.25) is 0 Å². The van der Waals surface area contributed by atoms with Crippen molar-refractivity contribution >= 4 is 5.97 Å². The molecule has 0 aromatic carbocycles. The fourth-order valence-corrected chi connectivity index (χ4v) is 3.21. The first kappa shape index (κ1) is 18.4. The van der Waals surface area contributed by atoms with Crippen LogP contribution in [-0.4, -0.2) is 60.9 Å². The number of hydrogen-bond donors (Lipinski definition) is 1. The van der Waals surface area contributed by atoms with Crippen LogP contribution in [0.3, 0.4) is 0 Å². The summed E-state index contributed by atoms with van der Waals surface area (Å²) in [5.74, 6) is -0.199. The zero-order chi connectivity index (χ0) is 16.3. The number of methoxy groups -OCH3 is 1. The summed E-state index contributed by atoms with van der Waals surface area (Å²) in [6.45, 7) is 14.9. The van der Waals surface area contributed by atoms with Gasteiger partial charge in [-0.3, -0.25) is 15.0 Å². The van der Waals surface area contributed by atoms with Crippen molar-refractivity contribution in [3.05, 3.63) is 0 Å². The third kappa shape index (κ3) is 5.24. The fourth-order valence-electron chi connectivity index (χ4n) is 3.21. The van der Waals surface area contributed by atoms with E-state index in [9.17, 15) is 4.79 Å². The minimum Gasteiger partial charge on any atom is -0.468 e. The standard InChI is InChI=1S/C16H32N2O3/c1-12(2)17-16(6,14(19)20-7)10-13(3)18-8-9-21-15(4,5)11-18/h12-13,17H,8-11H2,1-7H3. The molecule has 1 rings (SSSR count). The molecule has 0 spiro atoms. The Morgan fingerprint density at radius 2 is 2.05 bits per heavy atom. The van der Waals surface area contributed by atoms with E-state index in [2.05, 4.69) is 31.0 Å². The largest absolute Gasteiger partial charge is 0.468 e. The maximum atomic E-state index is 12.2. The molecule has 0 bridgehead atoms. The predicted molar refractivity (Wildman–Crippen MR) is 84.4 cm³/mol. The highest BCUT2D eigenvalue weighted by Crippen LogP contribution is 2.24. The van der Waals surface area contributed by atoms with E-state index in [0.29, 0.717) is 6.42 Å². The molecule has 5 heteroatoms. The number of carbonyl (C=O) groups excluding carboxylic acids is 1. The second kappa shape index (κ2) is 7.07. The average molecular weight is 300 g/mol. The molecular formula is C16H32N2O3. The van der Waals surface area contributed by atoms with Crippen molar-refractivity contribution < 1.29 is 14.3 Å². The van der Waals surface area contributed by atoms with Gasteiger partial charge in [0.2, 0.25) is 0 Å². The van der Waals surface area contributed by atoms with Crippen LogP contribution in [0, 0.1) is 0 Å². The maximum Gasteiger partial charge on any atom is 0.325 e. The van der Waals surface area contributed by atoms with Gasteiger partial charge in [0.1, 0.15) is 5.54 Å². The lowest BCUT2D eigenvalue weighted by atomic mass is 9.91. The van der Waals surface area contributed by atoms with E-state index in [-0.39, 0.29) is 23.7 Å². The van der Waals surface area contributed by atoms with Gasteiger partial charge in [0.15, 0.2) is 0 Å².